The summed E-state index contributed by atoms with van der Waals surface area (Å²) in [5.41, 5.74) is 0.230. The lowest BCUT2D eigenvalue weighted by atomic mass is 9.89. The molecule has 0 aliphatic heterocycles. The summed E-state index contributed by atoms with van der Waals surface area (Å²) < 4.78 is 17.8. The van der Waals surface area contributed by atoms with Crippen LogP contribution in [0.25, 0.3) is 0 Å². The van der Waals surface area contributed by atoms with Gasteiger partial charge in [0, 0.05) is 19.6 Å². The van der Waals surface area contributed by atoms with Gasteiger partial charge in [-0.1, -0.05) is 171 Å². The number of hydrogen-bond donors (Lipinski definition) is 0. The van der Waals surface area contributed by atoms with Gasteiger partial charge < -0.3 is 14.2 Å². The molecule has 0 aliphatic carbocycles. The minimum Gasteiger partial charge on any atom is -0.461 e. The first-order valence-corrected chi connectivity index (χ1v) is 20.9. The van der Waals surface area contributed by atoms with Gasteiger partial charge >= 0.3 is 5.97 Å². The summed E-state index contributed by atoms with van der Waals surface area (Å²) in [6, 6.07) is 0. The molecule has 2 unspecified atom stereocenters. The summed E-state index contributed by atoms with van der Waals surface area (Å²) in [5, 5.41) is 0. The van der Waals surface area contributed by atoms with Crippen molar-refractivity contribution in [3.8, 4) is 0 Å². The van der Waals surface area contributed by atoms with Gasteiger partial charge in [-0.2, -0.15) is 0 Å². The van der Waals surface area contributed by atoms with Crippen molar-refractivity contribution in [3.05, 3.63) is 12.2 Å². The fourth-order valence-electron chi connectivity index (χ4n) is 6.53. The Kier molecular flexibility index (Phi) is 31.5. The Morgan fingerprint density at radius 2 is 1.19 bits per heavy atom. The van der Waals surface area contributed by atoms with Crippen LogP contribution in [0.4, 0.5) is 0 Å². The molecule has 0 bridgehead atoms. The van der Waals surface area contributed by atoms with Crippen molar-refractivity contribution >= 4 is 5.97 Å². The second-order valence-electron chi connectivity index (χ2n) is 17.1. The van der Waals surface area contributed by atoms with Gasteiger partial charge in [-0.15, -0.1) is 0 Å². The van der Waals surface area contributed by atoms with Crippen molar-refractivity contribution in [1.82, 2.24) is 0 Å². The maximum Gasteiger partial charge on any atom is 0.306 e. The van der Waals surface area contributed by atoms with Crippen LogP contribution in [0.3, 0.4) is 0 Å². The molecule has 0 amide bonds. The van der Waals surface area contributed by atoms with Gasteiger partial charge in [-0.25, -0.2) is 0 Å². The molecule has 4 heteroatoms. The molecule has 0 saturated carbocycles. The summed E-state index contributed by atoms with van der Waals surface area (Å²) in [6.07, 6.45) is 31.0. The van der Waals surface area contributed by atoms with E-state index in [0.29, 0.717) is 19.6 Å². The molecule has 286 valence electrons. The number of esters is 1. The first kappa shape index (κ1) is 47.1. The fraction of sp³-hybridized carbons (Fsp3) is 0.932. The molecular weight excluding hydrogens is 592 g/mol. The average Bonchev–Trinajstić information content (AvgIpc) is 3.00. The molecule has 4 nitrogen and oxygen atoms in total. The highest BCUT2D eigenvalue weighted by atomic mass is 16.5. The van der Waals surface area contributed by atoms with Crippen LogP contribution in [0.1, 0.15) is 204 Å². The van der Waals surface area contributed by atoms with Crippen LogP contribution < -0.4 is 0 Å². The Labute approximate surface area is 301 Å². The fourth-order valence-corrected chi connectivity index (χ4v) is 6.53. The van der Waals surface area contributed by atoms with Crippen LogP contribution in [0.15, 0.2) is 12.2 Å². The Balaban J connectivity index is 3.93. The van der Waals surface area contributed by atoms with Crippen LogP contribution in [-0.4, -0.2) is 38.5 Å². The average molecular weight is 679 g/mol. The second kappa shape index (κ2) is 32.1. The molecule has 0 spiro atoms. The highest BCUT2D eigenvalue weighted by molar-refractivity contribution is 5.69. The minimum absolute atomic E-state index is 0.0681. The molecule has 0 saturated heterocycles. The molecule has 48 heavy (non-hydrogen) atoms. The maximum absolute atomic E-state index is 11.9. The predicted molar refractivity (Wildman–Crippen MR) is 210 cm³/mol. The van der Waals surface area contributed by atoms with Gasteiger partial charge in [0.05, 0.1) is 12.7 Å². The predicted octanol–water partition coefficient (Wildman–Crippen LogP) is 13.7. The van der Waals surface area contributed by atoms with Crippen molar-refractivity contribution in [2.45, 2.75) is 210 Å². The third kappa shape index (κ3) is 35.0. The van der Waals surface area contributed by atoms with E-state index in [9.17, 15) is 4.79 Å². The van der Waals surface area contributed by atoms with E-state index >= 15 is 0 Å². The van der Waals surface area contributed by atoms with Crippen molar-refractivity contribution in [1.29, 1.82) is 0 Å². The number of carbonyl (C=O) groups is 1. The molecule has 4 atom stereocenters. The van der Waals surface area contributed by atoms with Gasteiger partial charge in [0.15, 0.2) is 0 Å². The normalized spacial score (nSPS) is 14.9. The summed E-state index contributed by atoms with van der Waals surface area (Å²) in [6.45, 7) is 23.9. The molecule has 0 fully saturated rings. The minimum atomic E-state index is -0.0681. The van der Waals surface area contributed by atoms with Crippen LogP contribution >= 0.6 is 0 Å². The molecule has 0 radical (unpaired) electrons. The van der Waals surface area contributed by atoms with Crippen LogP contribution in [0, 0.1) is 29.1 Å². The Morgan fingerprint density at radius 1 is 0.625 bits per heavy atom. The number of rotatable bonds is 34. The van der Waals surface area contributed by atoms with Crippen molar-refractivity contribution < 1.29 is 19.0 Å². The number of ether oxygens (including phenoxy) is 3. The van der Waals surface area contributed by atoms with E-state index in [2.05, 4.69) is 68.4 Å². The summed E-state index contributed by atoms with van der Waals surface area (Å²) in [7, 11) is 0. The Bertz CT molecular complexity index is 724. The van der Waals surface area contributed by atoms with E-state index < -0.39 is 0 Å². The zero-order valence-electron chi connectivity index (χ0n) is 34.1. The molecule has 0 aromatic carbocycles. The molecule has 0 aromatic rings. The summed E-state index contributed by atoms with van der Waals surface area (Å²) in [4.78, 5) is 11.9. The zero-order chi connectivity index (χ0) is 35.9. The maximum atomic E-state index is 11.9. The van der Waals surface area contributed by atoms with Gasteiger partial charge in [-0.3, -0.25) is 4.79 Å². The first-order chi connectivity index (χ1) is 22.9. The van der Waals surface area contributed by atoms with Crippen LogP contribution in [0.2, 0.25) is 0 Å². The lowest BCUT2D eigenvalue weighted by Crippen LogP contribution is -2.27. The third-order valence-corrected chi connectivity index (χ3v) is 9.78. The number of carbonyl (C=O) groups excluding carboxylic acids is 1. The van der Waals surface area contributed by atoms with Crippen molar-refractivity contribution in [3.63, 3.8) is 0 Å². The summed E-state index contributed by atoms with van der Waals surface area (Å²) in [5.74, 6) is 3.25. The molecule has 0 aromatic heterocycles. The highest BCUT2D eigenvalue weighted by Gasteiger charge is 2.20. The van der Waals surface area contributed by atoms with E-state index in [1.807, 2.05) is 6.08 Å². The van der Waals surface area contributed by atoms with Gasteiger partial charge in [0.1, 0.15) is 6.61 Å². The van der Waals surface area contributed by atoms with Crippen LogP contribution in [-0.2, 0) is 19.0 Å². The lowest BCUT2D eigenvalue weighted by Gasteiger charge is -2.26. The van der Waals surface area contributed by atoms with E-state index in [4.69, 9.17) is 14.2 Å². The van der Waals surface area contributed by atoms with E-state index in [1.165, 1.54) is 83.5 Å². The van der Waals surface area contributed by atoms with E-state index in [0.717, 1.165) is 88.3 Å². The van der Waals surface area contributed by atoms with Gasteiger partial charge in [0.2, 0.25) is 0 Å². The van der Waals surface area contributed by atoms with Crippen LogP contribution in [0.5, 0.6) is 0 Å². The number of allylic oxidation sites excluding steroid dienone is 1. The molecule has 0 rings (SSSR count). The Hall–Kier alpha value is -0.870. The topological polar surface area (TPSA) is 44.8 Å². The molecule has 0 aliphatic rings. The monoisotopic (exact) mass is 679 g/mol. The smallest absolute Gasteiger partial charge is 0.306 e. The van der Waals surface area contributed by atoms with Crippen molar-refractivity contribution in [2.24, 2.45) is 29.1 Å². The standard InChI is InChI=1S/C44H86O4/c1-10-11-12-13-14-18-21-34-48-43(45)31-19-16-15-17-20-33-46-37-42(36-44(7,8)9)47-35-32-41(6)30-24-29-40(5)28-23-27-39(4)26-22-25-38(2)3/h18,21,38-42H,10-17,19-20,22-37H2,1-9H3/b21-18-/t39-,40-,41?,42?/m1/s1. The largest absolute Gasteiger partial charge is 0.461 e. The molecule has 0 N–H and O–H groups in total. The van der Waals surface area contributed by atoms with Gasteiger partial charge in [0.25, 0.3) is 0 Å². The highest BCUT2D eigenvalue weighted by Crippen LogP contribution is 2.25. The van der Waals surface area contributed by atoms with E-state index in [-0.39, 0.29) is 17.5 Å². The first-order valence-electron chi connectivity index (χ1n) is 20.9. The summed E-state index contributed by atoms with van der Waals surface area (Å²) >= 11 is 0. The quantitative estimate of drug-likeness (QED) is 0.0386. The second-order valence-corrected chi connectivity index (χ2v) is 17.1. The number of hydrogen-bond acceptors (Lipinski definition) is 4. The molecule has 0 heterocycles. The Morgan fingerprint density at radius 3 is 1.79 bits per heavy atom. The van der Waals surface area contributed by atoms with E-state index in [1.54, 1.807) is 0 Å². The third-order valence-electron chi connectivity index (χ3n) is 9.78. The van der Waals surface area contributed by atoms with Crippen molar-refractivity contribution in [2.75, 3.05) is 26.4 Å². The molecular formula is C44H86O4. The number of unbranched alkanes of at least 4 members (excludes halogenated alkanes) is 8. The lowest BCUT2D eigenvalue weighted by molar-refractivity contribution is -0.142. The van der Waals surface area contributed by atoms with Gasteiger partial charge in [-0.05, 0) is 67.6 Å². The SMILES string of the molecule is CCCCCC/C=C\COC(=O)CCCCCCCOCC(CC(C)(C)C)OCCC(C)CCC[C@H](C)CCC[C@H](C)CCCC(C)C. The zero-order valence-corrected chi connectivity index (χ0v) is 34.1.